The molecule has 5 heteroatoms. The smallest absolute Gasteiger partial charge is 0.133 e. The molecule has 0 N–H and O–H groups in total. The topological polar surface area (TPSA) is 38.2 Å². The molecule has 1 aromatic heterocycles. The first-order valence-electron chi connectivity index (χ1n) is 6.08. The molecule has 0 amide bonds. The van der Waals surface area contributed by atoms with Gasteiger partial charge in [-0.3, -0.25) is 0 Å². The summed E-state index contributed by atoms with van der Waals surface area (Å²) in [5.74, 6) is 1.92. The van der Waals surface area contributed by atoms with Gasteiger partial charge in [-0.05, 0) is 29.3 Å². The van der Waals surface area contributed by atoms with E-state index < -0.39 is 0 Å². The Balaban J connectivity index is 2.24. The van der Waals surface area contributed by atoms with Crippen molar-refractivity contribution in [1.29, 1.82) is 0 Å². The highest BCUT2D eigenvalue weighted by molar-refractivity contribution is 9.10. The number of hydrogen-bond donors (Lipinski definition) is 0. The van der Waals surface area contributed by atoms with Gasteiger partial charge >= 0.3 is 0 Å². The van der Waals surface area contributed by atoms with Crippen LogP contribution in [-0.2, 0) is 11.2 Å². The molecule has 1 aromatic rings. The van der Waals surface area contributed by atoms with Crippen LogP contribution in [0.4, 0.5) is 5.82 Å². The summed E-state index contributed by atoms with van der Waals surface area (Å²) in [6.45, 7) is 6.74. The van der Waals surface area contributed by atoms with Gasteiger partial charge in [0.1, 0.15) is 16.2 Å². The van der Waals surface area contributed by atoms with Crippen LogP contribution >= 0.6 is 15.9 Å². The molecule has 1 fully saturated rings. The lowest BCUT2D eigenvalue weighted by molar-refractivity contribution is 0.0985. The Morgan fingerprint density at radius 1 is 1.53 bits per heavy atom. The van der Waals surface area contributed by atoms with Crippen LogP contribution in [0.1, 0.15) is 26.1 Å². The SMILES string of the molecule is CCCc1nc(Br)cc(N2CCOCC2C)n1. The Hall–Kier alpha value is -0.680. The van der Waals surface area contributed by atoms with Crippen molar-refractivity contribution in [1.82, 2.24) is 9.97 Å². The van der Waals surface area contributed by atoms with Gasteiger partial charge in [0.2, 0.25) is 0 Å². The predicted octanol–water partition coefficient (Wildman–Crippen LogP) is 2.42. The minimum atomic E-state index is 0.375. The molecule has 0 radical (unpaired) electrons. The highest BCUT2D eigenvalue weighted by Crippen LogP contribution is 2.21. The molecule has 2 heterocycles. The minimum Gasteiger partial charge on any atom is -0.377 e. The van der Waals surface area contributed by atoms with Crippen LogP contribution in [0, 0.1) is 0 Å². The van der Waals surface area contributed by atoms with E-state index in [1.807, 2.05) is 6.07 Å². The maximum atomic E-state index is 5.44. The average molecular weight is 300 g/mol. The molecule has 0 spiro atoms. The Labute approximate surface area is 111 Å². The molecule has 1 unspecified atom stereocenters. The molecule has 1 aliphatic rings. The number of halogens is 1. The van der Waals surface area contributed by atoms with Crippen molar-refractivity contribution in [3.05, 3.63) is 16.5 Å². The molecule has 2 rings (SSSR count). The third kappa shape index (κ3) is 3.16. The van der Waals surface area contributed by atoms with E-state index in [9.17, 15) is 0 Å². The summed E-state index contributed by atoms with van der Waals surface area (Å²) in [5.41, 5.74) is 0. The zero-order valence-electron chi connectivity index (χ0n) is 10.3. The van der Waals surface area contributed by atoms with E-state index in [1.165, 1.54) is 0 Å². The molecule has 94 valence electrons. The van der Waals surface area contributed by atoms with Crippen molar-refractivity contribution < 1.29 is 4.74 Å². The highest BCUT2D eigenvalue weighted by atomic mass is 79.9. The molecule has 0 aromatic carbocycles. The van der Waals surface area contributed by atoms with Crippen molar-refractivity contribution in [2.75, 3.05) is 24.7 Å². The number of anilines is 1. The molecule has 0 saturated carbocycles. The highest BCUT2D eigenvalue weighted by Gasteiger charge is 2.21. The third-order valence-electron chi connectivity index (χ3n) is 2.86. The number of hydrogen-bond acceptors (Lipinski definition) is 4. The summed E-state index contributed by atoms with van der Waals surface area (Å²) in [5, 5.41) is 0. The maximum Gasteiger partial charge on any atom is 0.133 e. The molecule has 1 atom stereocenters. The lowest BCUT2D eigenvalue weighted by atomic mass is 10.2. The van der Waals surface area contributed by atoms with Gasteiger partial charge in [0.25, 0.3) is 0 Å². The molecule has 1 saturated heterocycles. The van der Waals surface area contributed by atoms with Crippen LogP contribution in [0.5, 0.6) is 0 Å². The van der Waals surface area contributed by atoms with Crippen LogP contribution in [-0.4, -0.2) is 35.8 Å². The van der Waals surface area contributed by atoms with Gasteiger partial charge in [-0.15, -0.1) is 0 Å². The normalized spacial score (nSPS) is 20.6. The van der Waals surface area contributed by atoms with Crippen molar-refractivity contribution in [2.24, 2.45) is 0 Å². The Morgan fingerprint density at radius 2 is 2.35 bits per heavy atom. The van der Waals surface area contributed by atoms with Crippen LogP contribution in [0.25, 0.3) is 0 Å². The standard InChI is InChI=1S/C12H18BrN3O/c1-3-4-11-14-10(13)7-12(15-11)16-5-6-17-8-9(16)2/h7,9H,3-6,8H2,1-2H3. The van der Waals surface area contributed by atoms with E-state index in [0.717, 1.165) is 48.8 Å². The second-order valence-corrected chi connectivity index (χ2v) is 5.14. The van der Waals surface area contributed by atoms with Gasteiger partial charge in [-0.2, -0.15) is 0 Å². The zero-order chi connectivity index (χ0) is 12.3. The fourth-order valence-electron chi connectivity index (χ4n) is 2.00. The number of morpholine rings is 1. The maximum absolute atomic E-state index is 5.44. The molecular formula is C12H18BrN3O. The summed E-state index contributed by atoms with van der Waals surface area (Å²) < 4.78 is 6.31. The van der Waals surface area contributed by atoms with E-state index in [2.05, 4.69) is 44.6 Å². The van der Waals surface area contributed by atoms with Crippen molar-refractivity contribution in [2.45, 2.75) is 32.7 Å². The Kier molecular flexibility index (Phi) is 4.34. The van der Waals surface area contributed by atoms with Crippen molar-refractivity contribution >= 4 is 21.7 Å². The van der Waals surface area contributed by atoms with Crippen LogP contribution in [0.3, 0.4) is 0 Å². The quantitative estimate of drug-likeness (QED) is 0.804. The molecular weight excluding hydrogens is 282 g/mol. The van der Waals surface area contributed by atoms with Gasteiger partial charge in [0.05, 0.1) is 19.3 Å². The van der Waals surface area contributed by atoms with Crippen LogP contribution in [0.15, 0.2) is 10.7 Å². The Bertz CT molecular complexity index is 386. The monoisotopic (exact) mass is 299 g/mol. The zero-order valence-corrected chi connectivity index (χ0v) is 11.9. The summed E-state index contributed by atoms with van der Waals surface area (Å²) in [4.78, 5) is 11.3. The van der Waals surface area contributed by atoms with E-state index in [4.69, 9.17) is 4.74 Å². The summed E-state index contributed by atoms with van der Waals surface area (Å²) in [6.07, 6.45) is 1.99. The molecule has 0 bridgehead atoms. The molecule has 17 heavy (non-hydrogen) atoms. The molecule has 1 aliphatic heterocycles. The van der Waals surface area contributed by atoms with Gasteiger partial charge in [0, 0.05) is 19.0 Å². The molecule has 0 aliphatic carbocycles. The van der Waals surface area contributed by atoms with Crippen LogP contribution in [0.2, 0.25) is 0 Å². The van der Waals surface area contributed by atoms with E-state index in [0.29, 0.717) is 6.04 Å². The predicted molar refractivity (Wildman–Crippen MR) is 71.4 cm³/mol. The summed E-state index contributed by atoms with van der Waals surface area (Å²) >= 11 is 3.46. The van der Waals surface area contributed by atoms with Gasteiger partial charge in [-0.25, -0.2) is 9.97 Å². The van der Waals surface area contributed by atoms with Crippen LogP contribution < -0.4 is 4.90 Å². The second-order valence-electron chi connectivity index (χ2n) is 4.33. The number of aryl methyl sites for hydroxylation is 1. The first-order valence-corrected chi connectivity index (χ1v) is 6.88. The van der Waals surface area contributed by atoms with E-state index in [1.54, 1.807) is 0 Å². The van der Waals surface area contributed by atoms with Gasteiger partial charge in [0.15, 0.2) is 0 Å². The summed E-state index contributed by atoms with van der Waals surface area (Å²) in [7, 11) is 0. The lowest BCUT2D eigenvalue weighted by Crippen LogP contribution is -2.44. The van der Waals surface area contributed by atoms with E-state index >= 15 is 0 Å². The number of rotatable bonds is 3. The fraction of sp³-hybridized carbons (Fsp3) is 0.667. The third-order valence-corrected chi connectivity index (χ3v) is 3.27. The number of nitrogens with zero attached hydrogens (tertiary/aromatic N) is 3. The largest absolute Gasteiger partial charge is 0.377 e. The molecule has 4 nitrogen and oxygen atoms in total. The van der Waals surface area contributed by atoms with Gasteiger partial charge < -0.3 is 9.64 Å². The van der Waals surface area contributed by atoms with E-state index in [-0.39, 0.29) is 0 Å². The average Bonchev–Trinajstić information content (AvgIpc) is 2.29. The Morgan fingerprint density at radius 3 is 3.06 bits per heavy atom. The summed E-state index contributed by atoms with van der Waals surface area (Å²) in [6, 6.07) is 2.36. The first kappa shape index (κ1) is 12.8. The minimum absolute atomic E-state index is 0.375. The van der Waals surface area contributed by atoms with Gasteiger partial charge in [-0.1, -0.05) is 6.92 Å². The first-order chi connectivity index (χ1) is 8.20. The number of aromatic nitrogens is 2. The lowest BCUT2D eigenvalue weighted by Gasteiger charge is -2.34. The van der Waals surface area contributed by atoms with Crippen molar-refractivity contribution in [3.8, 4) is 0 Å². The second kappa shape index (κ2) is 5.78. The number of ether oxygens (including phenoxy) is 1. The fourth-order valence-corrected chi connectivity index (χ4v) is 2.41. The van der Waals surface area contributed by atoms with Crippen molar-refractivity contribution in [3.63, 3.8) is 0 Å².